The van der Waals surface area contributed by atoms with Gasteiger partial charge < -0.3 is 10.0 Å². The summed E-state index contributed by atoms with van der Waals surface area (Å²) >= 11 is 0. The predicted molar refractivity (Wildman–Crippen MR) is 49.3 cm³/mol. The van der Waals surface area contributed by atoms with E-state index in [1.54, 1.807) is 20.8 Å². The predicted octanol–water partition coefficient (Wildman–Crippen LogP) is 0.964. The van der Waals surface area contributed by atoms with Crippen LogP contribution in [0, 0.1) is 5.92 Å². The number of aliphatic carboxylic acids is 1. The molecule has 4 nitrogen and oxygen atoms in total. The van der Waals surface area contributed by atoms with Crippen molar-refractivity contribution in [1.29, 1.82) is 0 Å². The molecule has 0 bridgehead atoms. The second kappa shape index (κ2) is 4.84. The smallest absolute Gasteiger partial charge is 0.326 e. The topological polar surface area (TPSA) is 57.6 Å². The molecule has 1 unspecified atom stereocenters. The van der Waals surface area contributed by atoms with Gasteiger partial charge in [0.05, 0.1) is 0 Å². The molecule has 0 aromatic heterocycles. The average Bonchev–Trinajstić information content (AvgIpc) is 1.97. The van der Waals surface area contributed by atoms with E-state index in [9.17, 15) is 9.59 Å². The van der Waals surface area contributed by atoms with Gasteiger partial charge in [-0.3, -0.25) is 4.79 Å². The summed E-state index contributed by atoms with van der Waals surface area (Å²) in [4.78, 5) is 23.3. The van der Waals surface area contributed by atoms with E-state index < -0.39 is 12.0 Å². The molecule has 0 rings (SSSR count). The highest BCUT2D eigenvalue weighted by Crippen LogP contribution is 2.11. The van der Waals surface area contributed by atoms with Gasteiger partial charge in [0.25, 0.3) is 0 Å². The van der Waals surface area contributed by atoms with E-state index in [-0.39, 0.29) is 11.8 Å². The maximum Gasteiger partial charge on any atom is 0.326 e. The summed E-state index contributed by atoms with van der Waals surface area (Å²) in [5.41, 5.74) is 0. The highest BCUT2D eigenvalue weighted by atomic mass is 16.4. The molecule has 0 aliphatic heterocycles. The van der Waals surface area contributed by atoms with Crippen molar-refractivity contribution in [1.82, 2.24) is 4.90 Å². The molecule has 0 aliphatic carbocycles. The Balaban J connectivity index is 4.69. The zero-order chi connectivity index (χ0) is 10.6. The van der Waals surface area contributed by atoms with Crippen LogP contribution in [0.5, 0.6) is 0 Å². The van der Waals surface area contributed by atoms with Gasteiger partial charge in [0.1, 0.15) is 6.04 Å². The van der Waals surface area contributed by atoms with Gasteiger partial charge in [0.15, 0.2) is 0 Å². The summed E-state index contributed by atoms with van der Waals surface area (Å²) in [5, 5.41) is 8.90. The summed E-state index contributed by atoms with van der Waals surface area (Å²) in [6, 6.07) is -0.706. The lowest BCUT2D eigenvalue weighted by Gasteiger charge is -2.29. The minimum Gasteiger partial charge on any atom is -0.480 e. The maximum atomic E-state index is 11.1. The number of carbonyl (C=O) groups is 2. The summed E-state index contributed by atoms with van der Waals surface area (Å²) in [6.45, 7) is 7.20. The second-order valence-corrected chi connectivity index (χ2v) is 3.33. The lowest BCUT2D eigenvalue weighted by molar-refractivity contribution is -0.151. The summed E-state index contributed by atoms with van der Waals surface area (Å²) in [7, 11) is 0. The fourth-order valence-electron chi connectivity index (χ4n) is 1.39. The zero-order valence-corrected chi connectivity index (χ0v) is 8.57. The molecular formula is C9H17NO3. The fraction of sp³-hybridized carbons (Fsp3) is 0.778. The maximum absolute atomic E-state index is 11.1. The van der Waals surface area contributed by atoms with Gasteiger partial charge >= 0.3 is 5.97 Å². The van der Waals surface area contributed by atoms with E-state index in [4.69, 9.17) is 5.11 Å². The van der Waals surface area contributed by atoms with Crippen LogP contribution in [0.4, 0.5) is 0 Å². The molecule has 0 spiro atoms. The Morgan fingerprint density at radius 1 is 1.38 bits per heavy atom. The molecule has 0 aromatic rings. The van der Waals surface area contributed by atoms with Crippen LogP contribution in [0.15, 0.2) is 0 Å². The second-order valence-electron chi connectivity index (χ2n) is 3.33. The standard InChI is InChI=1S/C9H17NO3/c1-5-10(7(4)11)8(6(2)3)9(12)13/h6,8H,5H2,1-4H3,(H,12,13). The van der Waals surface area contributed by atoms with Crippen LogP contribution in [-0.4, -0.2) is 34.5 Å². The molecule has 76 valence electrons. The Labute approximate surface area is 78.5 Å². The molecule has 0 aliphatic rings. The van der Waals surface area contributed by atoms with Crippen molar-refractivity contribution in [2.45, 2.75) is 33.7 Å². The van der Waals surface area contributed by atoms with E-state index in [2.05, 4.69) is 0 Å². The number of carbonyl (C=O) groups excluding carboxylic acids is 1. The molecule has 1 amide bonds. The van der Waals surface area contributed by atoms with Gasteiger partial charge in [-0.1, -0.05) is 13.8 Å². The van der Waals surface area contributed by atoms with Gasteiger partial charge in [-0.2, -0.15) is 0 Å². The van der Waals surface area contributed by atoms with Crippen LogP contribution in [0.1, 0.15) is 27.7 Å². The first kappa shape index (κ1) is 11.9. The van der Waals surface area contributed by atoms with Crippen molar-refractivity contribution in [3.63, 3.8) is 0 Å². The van der Waals surface area contributed by atoms with Crippen LogP contribution < -0.4 is 0 Å². The highest BCUT2D eigenvalue weighted by molar-refractivity contribution is 5.82. The van der Waals surface area contributed by atoms with Crippen molar-refractivity contribution in [3.05, 3.63) is 0 Å². The molecule has 4 heteroatoms. The Morgan fingerprint density at radius 3 is 1.92 bits per heavy atom. The zero-order valence-electron chi connectivity index (χ0n) is 8.57. The Hall–Kier alpha value is -1.06. The normalized spacial score (nSPS) is 12.7. The number of carboxylic acid groups (broad SMARTS) is 1. The SMILES string of the molecule is CCN(C(C)=O)C(C(=O)O)C(C)C. The van der Waals surface area contributed by atoms with Crippen molar-refractivity contribution in [2.75, 3.05) is 6.54 Å². The third-order valence-corrected chi connectivity index (χ3v) is 1.97. The van der Waals surface area contributed by atoms with Crippen molar-refractivity contribution < 1.29 is 14.7 Å². The van der Waals surface area contributed by atoms with Crippen LogP contribution in [0.3, 0.4) is 0 Å². The Morgan fingerprint density at radius 2 is 1.85 bits per heavy atom. The molecule has 0 aromatic carbocycles. The van der Waals surface area contributed by atoms with Crippen LogP contribution in [0.25, 0.3) is 0 Å². The molecule has 0 heterocycles. The molecule has 0 fully saturated rings. The largest absolute Gasteiger partial charge is 0.480 e. The number of hydrogen-bond acceptors (Lipinski definition) is 2. The lowest BCUT2D eigenvalue weighted by Crippen LogP contribution is -2.47. The van der Waals surface area contributed by atoms with Gasteiger partial charge in [0.2, 0.25) is 5.91 Å². The van der Waals surface area contributed by atoms with Gasteiger partial charge in [-0.25, -0.2) is 4.79 Å². The molecule has 0 saturated carbocycles. The minimum absolute atomic E-state index is 0.0682. The summed E-state index contributed by atoms with van der Waals surface area (Å²) in [6.07, 6.45) is 0. The first-order valence-electron chi connectivity index (χ1n) is 4.41. The first-order chi connectivity index (χ1) is 5.91. The third kappa shape index (κ3) is 3.05. The van der Waals surface area contributed by atoms with E-state index in [0.717, 1.165) is 0 Å². The molecule has 1 atom stereocenters. The van der Waals surface area contributed by atoms with Crippen LogP contribution >= 0.6 is 0 Å². The number of carboxylic acids is 1. The summed E-state index contributed by atoms with van der Waals surface area (Å²) < 4.78 is 0. The van der Waals surface area contributed by atoms with E-state index in [1.807, 2.05) is 0 Å². The van der Waals surface area contributed by atoms with Gasteiger partial charge in [0, 0.05) is 13.5 Å². The van der Waals surface area contributed by atoms with Gasteiger partial charge in [-0.15, -0.1) is 0 Å². The first-order valence-corrected chi connectivity index (χ1v) is 4.41. The third-order valence-electron chi connectivity index (χ3n) is 1.97. The van der Waals surface area contributed by atoms with E-state index in [1.165, 1.54) is 11.8 Å². The van der Waals surface area contributed by atoms with E-state index in [0.29, 0.717) is 6.54 Å². The van der Waals surface area contributed by atoms with Crippen molar-refractivity contribution >= 4 is 11.9 Å². The molecule has 1 N–H and O–H groups in total. The van der Waals surface area contributed by atoms with Crippen molar-refractivity contribution in [2.24, 2.45) is 5.92 Å². The molecule has 0 radical (unpaired) electrons. The summed E-state index contributed by atoms with van der Waals surface area (Å²) in [5.74, 6) is -1.20. The van der Waals surface area contributed by atoms with Crippen molar-refractivity contribution in [3.8, 4) is 0 Å². The number of likely N-dealkylation sites (N-methyl/N-ethyl adjacent to an activating group) is 1. The Kier molecular flexibility index (Phi) is 4.45. The van der Waals surface area contributed by atoms with Gasteiger partial charge in [-0.05, 0) is 12.8 Å². The molecule has 0 saturated heterocycles. The minimum atomic E-state index is -0.938. The monoisotopic (exact) mass is 187 g/mol. The molecular weight excluding hydrogens is 170 g/mol. The number of hydrogen-bond donors (Lipinski definition) is 1. The lowest BCUT2D eigenvalue weighted by atomic mass is 10.0. The van der Waals surface area contributed by atoms with Crippen LogP contribution in [-0.2, 0) is 9.59 Å². The quantitative estimate of drug-likeness (QED) is 0.713. The number of nitrogens with zero attached hydrogens (tertiary/aromatic N) is 1. The highest BCUT2D eigenvalue weighted by Gasteiger charge is 2.29. The molecule has 13 heavy (non-hydrogen) atoms. The van der Waals surface area contributed by atoms with Crippen LogP contribution in [0.2, 0.25) is 0 Å². The average molecular weight is 187 g/mol. The Bertz CT molecular complexity index is 201. The number of amides is 1. The fourth-order valence-corrected chi connectivity index (χ4v) is 1.39. The number of rotatable bonds is 4. The van der Waals surface area contributed by atoms with E-state index >= 15 is 0 Å².